The van der Waals surface area contributed by atoms with Gasteiger partial charge in [0.2, 0.25) is 0 Å². The molecule has 0 atom stereocenters. The Bertz CT molecular complexity index is 291. The fraction of sp³-hybridized carbons (Fsp3) is 0.250. The van der Waals surface area contributed by atoms with E-state index in [4.69, 9.17) is 11.6 Å². The van der Waals surface area contributed by atoms with E-state index in [0.29, 0.717) is 0 Å². The van der Waals surface area contributed by atoms with Crippen molar-refractivity contribution in [2.24, 2.45) is 0 Å². The molecule has 0 spiro atoms. The molecule has 0 amide bonds. The molecule has 0 radical (unpaired) electrons. The largest absolute Gasteiger partial charge is 0.435 e. The number of hydrogen-bond acceptors (Lipinski definition) is 1. The van der Waals surface area contributed by atoms with Gasteiger partial charge in [-0.15, -0.1) is 0 Å². The molecule has 0 aliphatic rings. The average molecular weight is 211 g/mol. The van der Waals surface area contributed by atoms with E-state index in [1.54, 1.807) is 0 Å². The second-order valence-corrected chi connectivity index (χ2v) is 2.80. The van der Waals surface area contributed by atoms with Crippen LogP contribution in [-0.4, -0.2) is 6.61 Å². The Morgan fingerprint density at radius 1 is 1.38 bits per heavy atom. The molecule has 0 saturated heterocycles. The van der Waals surface area contributed by atoms with Crippen LogP contribution in [0.4, 0.5) is 13.2 Å². The molecular formula is C8H6ClF3O. The van der Waals surface area contributed by atoms with Gasteiger partial charge in [0.15, 0.2) is 0 Å². The molecule has 0 aliphatic carbocycles. The maximum atomic E-state index is 12.9. The third-order valence-corrected chi connectivity index (χ3v) is 1.87. The van der Waals surface area contributed by atoms with Crippen LogP contribution in [0.25, 0.3) is 0 Å². The summed E-state index contributed by atoms with van der Waals surface area (Å²) in [6.45, 7) is -1.53. The number of hydrogen-bond donors (Lipinski definition) is 0. The van der Waals surface area contributed by atoms with Gasteiger partial charge in [-0.05, 0) is 13.0 Å². The first-order chi connectivity index (χ1) is 6.00. The quantitative estimate of drug-likeness (QED) is 0.727. The van der Waals surface area contributed by atoms with Gasteiger partial charge in [-0.1, -0.05) is 11.6 Å². The molecule has 0 bridgehead atoms. The molecule has 0 saturated carbocycles. The van der Waals surface area contributed by atoms with Crippen molar-refractivity contribution in [3.8, 4) is 5.75 Å². The van der Waals surface area contributed by atoms with Gasteiger partial charge >= 0.3 is 6.61 Å². The van der Waals surface area contributed by atoms with Crippen molar-refractivity contribution in [3.05, 3.63) is 28.5 Å². The monoisotopic (exact) mass is 210 g/mol. The summed E-state index contributed by atoms with van der Waals surface area (Å²) in [5.74, 6) is -0.939. The van der Waals surface area contributed by atoms with Crippen molar-refractivity contribution in [3.63, 3.8) is 0 Å². The van der Waals surface area contributed by atoms with E-state index < -0.39 is 12.4 Å². The van der Waals surface area contributed by atoms with Crippen LogP contribution in [0.2, 0.25) is 5.02 Å². The average Bonchev–Trinajstić information content (AvgIpc) is 1.98. The number of alkyl halides is 2. The van der Waals surface area contributed by atoms with Gasteiger partial charge < -0.3 is 4.74 Å². The van der Waals surface area contributed by atoms with Crippen LogP contribution in [-0.2, 0) is 0 Å². The molecule has 0 N–H and O–H groups in total. The van der Waals surface area contributed by atoms with Crippen LogP contribution < -0.4 is 4.74 Å². The Morgan fingerprint density at radius 3 is 2.46 bits per heavy atom. The molecule has 0 heterocycles. The lowest BCUT2D eigenvalue weighted by Crippen LogP contribution is -2.02. The van der Waals surface area contributed by atoms with E-state index in [0.717, 1.165) is 12.1 Å². The molecule has 0 fully saturated rings. The zero-order valence-electron chi connectivity index (χ0n) is 6.65. The van der Waals surface area contributed by atoms with Crippen LogP contribution in [0.15, 0.2) is 12.1 Å². The van der Waals surface area contributed by atoms with E-state index in [1.807, 2.05) is 0 Å². The van der Waals surface area contributed by atoms with Crippen molar-refractivity contribution in [1.29, 1.82) is 0 Å². The molecule has 1 rings (SSSR count). The van der Waals surface area contributed by atoms with Gasteiger partial charge in [0.1, 0.15) is 11.6 Å². The minimum Gasteiger partial charge on any atom is -0.435 e. The predicted molar refractivity (Wildman–Crippen MR) is 42.8 cm³/mol. The Balaban J connectivity index is 2.99. The minimum absolute atomic E-state index is 0.0654. The molecule has 13 heavy (non-hydrogen) atoms. The number of ether oxygens (including phenoxy) is 1. The van der Waals surface area contributed by atoms with E-state index in [-0.39, 0.29) is 16.3 Å². The molecule has 1 aromatic carbocycles. The van der Waals surface area contributed by atoms with E-state index >= 15 is 0 Å². The van der Waals surface area contributed by atoms with E-state index in [1.165, 1.54) is 6.92 Å². The molecule has 5 heteroatoms. The van der Waals surface area contributed by atoms with Crippen LogP contribution in [0, 0.1) is 12.7 Å². The van der Waals surface area contributed by atoms with Crippen LogP contribution in [0.1, 0.15) is 5.56 Å². The Hall–Kier alpha value is -0.900. The summed E-state index contributed by atoms with van der Waals surface area (Å²) in [6, 6.07) is 2.01. The fourth-order valence-corrected chi connectivity index (χ4v) is 0.991. The molecule has 0 aliphatic heterocycles. The smallest absolute Gasteiger partial charge is 0.387 e. The number of benzene rings is 1. The van der Waals surface area contributed by atoms with Crippen molar-refractivity contribution < 1.29 is 17.9 Å². The number of halogens is 4. The number of rotatable bonds is 2. The molecule has 72 valence electrons. The maximum absolute atomic E-state index is 12.9. The highest BCUT2D eigenvalue weighted by atomic mass is 35.5. The van der Waals surface area contributed by atoms with Gasteiger partial charge in [0.25, 0.3) is 0 Å². The molecule has 0 unspecified atom stereocenters. The van der Waals surface area contributed by atoms with Gasteiger partial charge in [0.05, 0.1) is 5.02 Å². The summed E-state index contributed by atoms with van der Waals surface area (Å²) in [5.41, 5.74) is 0.211. The van der Waals surface area contributed by atoms with Crippen molar-refractivity contribution in [1.82, 2.24) is 0 Å². The second kappa shape index (κ2) is 3.87. The lowest BCUT2D eigenvalue weighted by Gasteiger charge is -2.06. The summed E-state index contributed by atoms with van der Waals surface area (Å²) >= 11 is 5.54. The van der Waals surface area contributed by atoms with Crippen LogP contribution >= 0.6 is 11.6 Å². The van der Waals surface area contributed by atoms with E-state index in [2.05, 4.69) is 4.74 Å². The third-order valence-electron chi connectivity index (χ3n) is 1.48. The molecule has 1 nitrogen and oxygen atoms in total. The van der Waals surface area contributed by atoms with Gasteiger partial charge in [-0.2, -0.15) is 8.78 Å². The summed E-state index contributed by atoms with van der Waals surface area (Å²) < 4.78 is 40.2. The maximum Gasteiger partial charge on any atom is 0.387 e. The Labute approximate surface area is 78.1 Å². The first-order valence-corrected chi connectivity index (χ1v) is 3.79. The summed E-state index contributed by atoms with van der Waals surface area (Å²) in [4.78, 5) is 0. The topological polar surface area (TPSA) is 9.23 Å². The molecular weight excluding hydrogens is 205 g/mol. The van der Waals surface area contributed by atoms with Crippen molar-refractivity contribution >= 4 is 11.6 Å². The Kier molecular flexibility index (Phi) is 3.03. The van der Waals surface area contributed by atoms with Gasteiger partial charge in [-0.25, -0.2) is 4.39 Å². The zero-order chi connectivity index (χ0) is 10.0. The Morgan fingerprint density at radius 2 is 2.00 bits per heavy atom. The van der Waals surface area contributed by atoms with Crippen LogP contribution in [0.5, 0.6) is 5.75 Å². The lowest BCUT2D eigenvalue weighted by atomic mass is 10.2. The first kappa shape index (κ1) is 10.2. The highest BCUT2D eigenvalue weighted by Crippen LogP contribution is 2.25. The normalized spacial score (nSPS) is 10.6. The SMILES string of the molecule is Cc1c(F)cc(OC(F)F)cc1Cl. The molecule has 1 aromatic rings. The second-order valence-electron chi connectivity index (χ2n) is 2.39. The predicted octanol–water partition coefficient (Wildman–Crippen LogP) is 3.39. The fourth-order valence-electron chi connectivity index (χ4n) is 0.793. The standard InChI is InChI=1S/C8H6ClF3O/c1-4-6(9)2-5(3-7(4)10)13-8(11)12/h2-3,8H,1H3. The van der Waals surface area contributed by atoms with E-state index in [9.17, 15) is 13.2 Å². The lowest BCUT2D eigenvalue weighted by molar-refractivity contribution is -0.0499. The van der Waals surface area contributed by atoms with Crippen LogP contribution in [0.3, 0.4) is 0 Å². The van der Waals surface area contributed by atoms with Crippen molar-refractivity contribution in [2.45, 2.75) is 13.5 Å². The van der Waals surface area contributed by atoms with Gasteiger partial charge in [-0.3, -0.25) is 0 Å². The summed E-state index contributed by atoms with van der Waals surface area (Å²) in [6.07, 6.45) is 0. The van der Waals surface area contributed by atoms with Gasteiger partial charge in [0, 0.05) is 11.6 Å². The minimum atomic E-state index is -2.97. The summed E-state index contributed by atoms with van der Waals surface area (Å²) in [7, 11) is 0. The zero-order valence-corrected chi connectivity index (χ0v) is 7.41. The molecule has 0 aromatic heterocycles. The summed E-state index contributed by atoms with van der Waals surface area (Å²) in [5, 5.41) is 0.0654. The first-order valence-electron chi connectivity index (χ1n) is 3.41. The van der Waals surface area contributed by atoms with Crippen molar-refractivity contribution in [2.75, 3.05) is 0 Å². The highest BCUT2D eigenvalue weighted by Gasteiger charge is 2.09. The third kappa shape index (κ3) is 2.52. The highest BCUT2D eigenvalue weighted by molar-refractivity contribution is 6.31.